The summed E-state index contributed by atoms with van der Waals surface area (Å²) in [7, 11) is -3.56. The van der Waals surface area contributed by atoms with Crippen LogP contribution in [0.15, 0.2) is 47.4 Å². The highest BCUT2D eigenvalue weighted by molar-refractivity contribution is 7.92. The Hall–Kier alpha value is -2.05. The molecule has 0 amide bonds. The van der Waals surface area contributed by atoms with E-state index in [1.807, 2.05) is 19.1 Å². The first-order chi connectivity index (χ1) is 10.5. The minimum Gasteiger partial charge on any atom is -0.384 e. The molecule has 5 nitrogen and oxygen atoms in total. The smallest absolute Gasteiger partial charge is 0.261 e. The lowest BCUT2D eigenvalue weighted by Gasteiger charge is -2.12. The summed E-state index contributed by atoms with van der Waals surface area (Å²) in [5.41, 5.74) is 3.70. The third-order valence-corrected chi connectivity index (χ3v) is 5.02. The van der Waals surface area contributed by atoms with Crippen molar-refractivity contribution < 1.29 is 8.42 Å². The van der Waals surface area contributed by atoms with Crippen molar-refractivity contribution in [1.82, 2.24) is 5.32 Å². The zero-order valence-electron chi connectivity index (χ0n) is 12.4. The van der Waals surface area contributed by atoms with Crippen molar-refractivity contribution in [2.24, 2.45) is 0 Å². The summed E-state index contributed by atoms with van der Waals surface area (Å²) in [6.45, 7) is 4.40. The van der Waals surface area contributed by atoms with Gasteiger partial charge in [0, 0.05) is 31.0 Å². The van der Waals surface area contributed by atoms with E-state index in [2.05, 4.69) is 15.4 Å². The molecule has 116 valence electrons. The van der Waals surface area contributed by atoms with Gasteiger partial charge in [0.1, 0.15) is 0 Å². The molecule has 2 aromatic carbocycles. The standard InChI is InChI=1S/C16H19N3O2S/c1-12-2-5-15(6-3-12)22(20,21)19-14-4-7-16-13(10-14)11-17-8-9-18-16/h2-7,10,17-19H,8-9,11H2,1H3. The fourth-order valence-corrected chi connectivity index (χ4v) is 3.47. The molecule has 0 saturated heterocycles. The molecule has 0 unspecified atom stereocenters. The third kappa shape index (κ3) is 3.23. The molecule has 6 heteroatoms. The monoisotopic (exact) mass is 317 g/mol. The van der Waals surface area contributed by atoms with Crippen LogP contribution >= 0.6 is 0 Å². The van der Waals surface area contributed by atoms with Gasteiger partial charge in [-0.15, -0.1) is 0 Å². The Balaban J connectivity index is 1.86. The number of hydrogen-bond donors (Lipinski definition) is 3. The fourth-order valence-electron chi connectivity index (χ4n) is 2.42. The Bertz CT molecular complexity index is 770. The second-order valence-electron chi connectivity index (χ2n) is 5.39. The first-order valence-corrected chi connectivity index (χ1v) is 8.70. The third-order valence-electron chi connectivity index (χ3n) is 3.62. The van der Waals surface area contributed by atoms with E-state index in [0.717, 1.165) is 36.4 Å². The second kappa shape index (κ2) is 5.98. The fraction of sp³-hybridized carbons (Fsp3) is 0.250. The van der Waals surface area contributed by atoms with Crippen LogP contribution in [0.4, 0.5) is 11.4 Å². The van der Waals surface area contributed by atoms with Gasteiger partial charge in [-0.05, 0) is 42.8 Å². The van der Waals surface area contributed by atoms with Gasteiger partial charge in [0.25, 0.3) is 10.0 Å². The van der Waals surface area contributed by atoms with Gasteiger partial charge < -0.3 is 10.6 Å². The van der Waals surface area contributed by atoms with Gasteiger partial charge in [0.15, 0.2) is 0 Å². The van der Waals surface area contributed by atoms with Crippen molar-refractivity contribution in [2.45, 2.75) is 18.4 Å². The molecule has 0 aromatic heterocycles. The maximum atomic E-state index is 12.4. The van der Waals surface area contributed by atoms with E-state index in [0.29, 0.717) is 5.69 Å². The van der Waals surface area contributed by atoms with Crippen LogP contribution in [0.3, 0.4) is 0 Å². The first-order valence-electron chi connectivity index (χ1n) is 7.22. The Morgan fingerprint density at radius 3 is 2.59 bits per heavy atom. The Morgan fingerprint density at radius 1 is 1.05 bits per heavy atom. The summed E-state index contributed by atoms with van der Waals surface area (Å²) in [6, 6.07) is 12.4. The summed E-state index contributed by atoms with van der Waals surface area (Å²) in [6.07, 6.45) is 0. The van der Waals surface area contributed by atoms with Crippen LogP contribution in [-0.4, -0.2) is 21.5 Å². The van der Waals surface area contributed by atoms with E-state index in [1.165, 1.54) is 0 Å². The van der Waals surface area contributed by atoms with E-state index in [4.69, 9.17) is 0 Å². The summed E-state index contributed by atoms with van der Waals surface area (Å²) < 4.78 is 27.5. The summed E-state index contributed by atoms with van der Waals surface area (Å²) in [5.74, 6) is 0. The Morgan fingerprint density at radius 2 is 1.82 bits per heavy atom. The molecule has 3 rings (SSSR count). The molecule has 0 aliphatic carbocycles. The molecule has 0 saturated carbocycles. The Kier molecular flexibility index (Phi) is 4.04. The molecule has 0 fully saturated rings. The molecule has 0 spiro atoms. The predicted molar refractivity (Wildman–Crippen MR) is 88.6 cm³/mol. The van der Waals surface area contributed by atoms with Gasteiger partial charge in [0.2, 0.25) is 0 Å². The molecule has 22 heavy (non-hydrogen) atoms. The molecule has 1 aliphatic rings. The van der Waals surface area contributed by atoms with E-state index >= 15 is 0 Å². The van der Waals surface area contributed by atoms with Crippen LogP contribution in [-0.2, 0) is 16.6 Å². The maximum absolute atomic E-state index is 12.4. The van der Waals surface area contributed by atoms with E-state index < -0.39 is 10.0 Å². The van der Waals surface area contributed by atoms with Crippen molar-refractivity contribution >= 4 is 21.4 Å². The average molecular weight is 317 g/mol. The highest BCUT2D eigenvalue weighted by atomic mass is 32.2. The summed E-state index contributed by atoms with van der Waals surface area (Å²) in [4.78, 5) is 0.268. The number of sulfonamides is 1. The number of hydrogen-bond acceptors (Lipinski definition) is 4. The largest absolute Gasteiger partial charge is 0.384 e. The lowest BCUT2D eigenvalue weighted by molar-refractivity contribution is 0.601. The molecule has 1 aliphatic heterocycles. The van der Waals surface area contributed by atoms with Crippen molar-refractivity contribution in [2.75, 3.05) is 23.1 Å². The summed E-state index contributed by atoms with van der Waals surface area (Å²) >= 11 is 0. The minimum absolute atomic E-state index is 0.268. The van der Waals surface area contributed by atoms with Crippen LogP contribution in [0.1, 0.15) is 11.1 Å². The van der Waals surface area contributed by atoms with E-state index in [-0.39, 0.29) is 4.90 Å². The molecule has 3 N–H and O–H groups in total. The van der Waals surface area contributed by atoms with Gasteiger partial charge in [-0.25, -0.2) is 8.42 Å². The molecule has 0 bridgehead atoms. The number of rotatable bonds is 3. The van der Waals surface area contributed by atoms with Crippen LogP contribution < -0.4 is 15.4 Å². The number of anilines is 2. The maximum Gasteiger partial charge on any atom is 0.261 e. The lowest BCUT2D eigenvalue weighted by Crippen LogP contribution is -2.17. The van der Waals surface area contributed by atoms with Crippen LogP contribution in [0.25, 0.3) is 0 Å². The highest BCUT2D eigenvalue weighted by Crippen LogP contribution is 2.24. The van der Waals surface area contributed by atoms with Crippen LogP contribution in [0, 0.1) is 6.92 Å². The predicted octanol–water partition coefficient (Wildman–Crippen LogP) is 2.31. The average Bonchev–Trinajstić information content (AvgIpc) is 2.72. The minimum atomic E-state index is -3.56. The van der Waals surface area contributed by atoms with Crippen LogP contribution in [0.2, 0.25) is 0 Å². The molecule has 1 heterocycles. The van der Waals surface area contributed by atoms with Crippen molar-refractivity contribution in [3.05, 3.63) is 53.6 Å². The number of aryl methyl sites for hydroxylation is 1. The number of nitrogens with one attached hydrogen (secondary N) is 3. The van der Waals surface area contributed by atoms with Gasteiger partial charge in [-0.1, -0.05) is 17.7 Å². The van der Waals surface area contributed by atoms with Gasteiger partial charge in [-0.3, -0.25) is 4.72 Å². The van der Waals surface area contributed by atoms with Crippen LogP contribution in [0.5, 0.6) is 0 Å². The van der Waals surface area contributed by atoms with E-state index in [9.17, 15) is 8.42 Å². The van der Waals surface area contributed by atoms with E-state index in [1.54, 1.807) is 30.3 Å². The van der Waals surface area contributed by atoms with Crippen molar-refractivity contribution in [3.63, 3.8) is 0 Å². The van der Waals surface area contributed by atoms with Crippen molar-refractivity contribution in [1.29, 1.82) is 0 Å². The number of benzene rings is 2. The summed E-state index contributed by atoms with van der Waals surface area (Å²) in [5, 5.41) is 6.61. The SMILES string of the molecule is Cc1ccc(S(=O)(=O)Nc2ccc3c(c2)CNCCN3)cc1. The second-order valence-corrected chi connectivity index (χ2v) is 7.08. The zero-order chi connectivity index (χ0) is 15.6. The highest BCUT2D eigenvalue weighted by Gasteiger charge is 2.15. The van der Waals surface area contributed by atoms with Gasteiger partial charge in [0.05, 0.1) is 4.90 Å². The first kappa shape index (κ1) is 14.9. The molecular weight excluding hydrogens is 298 g/mol. The molecular formula is C16H19N3O2S. The lowest BCUT2D eigenvalue weighted by atomic mass is 10.1. The Labute approximate surface area is 130 Å². The molecule has 0 radical (unpaired) electrons. The molecule has 0 atom stereocenters. The molecule has 2 aromatic rings. The number of fused-ring (bicyclic) bond motifs is 1. The normalized spacial score (nSPS) is 14.6. The topological polar surface area (TPSA) is 70.2 Å². The van der Waals surface area contributed by atoms with Crippen molar-refractivity contribution in [3.8, 4) is 0 Å². The quantitative estimate of drug-likeness (QED) is 0.812. The van der Waals surface area contributed by atoms with Gasteiger partial charge >= 0.3 is 0 Å². The van der Waals surface area contributed by atoms with Gasteiger partial charge in [-0.2, -0.15) is 0 Å². The zero-order valence-corrected chi connectivity index (χ0v) is 13.2.